The van der Waals surface area contributed by atoms with Crippen molar-refractivity contribution in [1.82, 2.24) is 10.2 Å². The van der Waals surface area contributed by atoms with Crippen LogP contribution in [-0.4, -0.2) is 30.9 Å². The van der Waals surface area contributed by atoms with Gasteiger partial charge in [0.2, 0.25) is 5.91 Å². The molecule has 2 rings (SSSR count). The van der Waals surface area contributed by atoms with Crippen LogP contribution in [0, 0.1) is 0 Å². The number of hydrogen-bond acceptors (Lipinski definition) is 2. The molecule has 4 heteroatoms. The monoisotopic (exact) mass is 238 g/mol. The summed E-state index contributed by atoms with van der Waals surface area (Å²) in [5, 5.41) is 3.44. The predicted octanol–water partition coefficient (Wildman–Crippen LogP) is 1.44. The number of halogens is 1. The fraction of sp³-hybridized carbons (Fsp3) is 0.417. The lowest BCUT2D eigenvalue weighted by Gasteiger charge is -2.28. The summed E-state index contributed by atoms with van der Waals surface area (Å²) in [6.07, 6.45) is 0.965. The molecule has 1 aliphatic rings. The van der Waals surface area contributed by atoms with Gasteiger partial charge in [-0.15, -0.1) is 0 Å². The quantitative estimate of drug-likeness (QED) is 0.846. The van der Waals surface area contributed by atoms with Crippen LogP contribution < -0.4 is 5.32 Å². The molecule has 0 aromatic heterocycles. The van der Waals surface area contributed by atoms with Gasteiger partial charge < -0.3 is 5.32 Å². The van der Waals surface area contributed by atoms with E-state index >= 15 is 0 Å². The first-order valence-corrected chi connectivity index (χ1v) is 5.77. The zero-order valence-corrected chi connectivity index (χ0v) is 10.0. The van der Waals surface area contributed by atoms with Gasteiger partial charge in [-0.1, -0.05) is 23.7 Å². The maximum atomic E-state index is 11.3. The molecule has 1 aliphatic heterocycles. The van der Waals surface area contributed by atoms with Gasteiger partial charge in [-0.25, -0.2) is 0 Å². The normalized spacial score (nSPS) is 15.6. The van der Waals surface area contributed by atoms with Crippen LogP contribution in [0.3, 0.4) is 0 Å². The number of carbonyl (C=O) groups excluding carboxylic acids is 1. The van der Waals surface area contributed by atoms with Gasteiger partial charge in [-0.2, -0.15) is 0 Å². The number of likely N-dealkylation sites (N-methyl/N-ethyl adjacent to an activating group) is 1. The van der Waals surface area contributed by atoms with Crippen LogP contribution in [0.5, 0.6) is 0 Å². The van der Waals surface area contributed by atoms with Gasteiger partial charge >= 0.3 is 0 Å². The van der Waals surface area contributed by atoms with Crippen molar-refractivity contribution in [2.75, 3.05) is 20.1 Å². The fourth-order valence-corrected chi connectivity index (χ4v) is 2.27. The Morgan fingerprint density at radius 2 is 2.38 bits per heavy atom. The van der Waals surface area contributed by atoms with Crippen molar-refractivity contribution < 1.29 is 4.79 Å². The van der Waals surface area contributed by atoms with Crippen LogP contribution in [0.15, 0.2) is 18.2 Å². The number of rotatable bonds is 2. The summed E-state index contributed by atoms with van der Waals surface area (Å²) in [7, 11) is 1.66. The average Bonchev–Trinajstić information content (AvgIpc) is 2.30. The highest BCUT2D eigenvalue weighted by Gasteiger charge is 2.19. The third-order valence-electron chi connectivity index (χ3n) is 2.94. The second-order valence-electron chi connectivity index (χ2n) is 4.01. The second kappa shape index (κ2) is 4.85. The lowest BCUT2D eigenvalue weighted by Crippen LogP contribution is -2.38. The van der Waals surface area contributed by atoms with Gasteiger partial charge in [-0.3, -0.25) is 9.69 Å². The van der Waals surface area contributed by atoms with Crippen LogP contribution in [0.1, 0.15) is 11.1 Å². The van der Waals surface area contributed by atoms with E-state index in [1.54, 1.807) is 7.05 Å². The average molecular weight is 239 g/mol. The number of carbonyl (C=O) groups is 1. The highest BCUT2D eigenvalue weighted by molar-refractivity contribution is 6.31. The minimum absolute atomic E-state index is 0.0514. The maximum absolute atomic E-state index is 11.3. The van der Waals surface area contributed by atoms with Gasteiger partial charge in [0.25, 0.3) is 0 Å². The van der Waals surface area contributed by atoms with Crippen molar-refractivity contribution in [1.29, 1.82) is 0 Å². The van der Waals surface area contributed by atoms with Crippen molar-refractivity contribution in [3.63, 3.8) is 0 Å². The molecule has 1 aromatic carbocycles. The molecule has 0 spiro atoms. The molecule has 0 saturated carbocycles. The standard InChI is InChI=1S/C12H15ClN2O/c1-14-12(16)8-15-6-5-9-3-2-4-11(13)10(9)7-15/h2-4H,5-8H2,1H3,(H,14,16). The summed E-state index contributed by atoms with van der Waals surface area (Å²) in [6.45, 7) is 2.13. The van der Waals surface area contributed by atoms with Crippen molar-refractivity contribution in [3.05, 3.63) is 34.3 Å². The molecule has 1 heterocycles. The first kappa shape index (κ1) is 11.4. The van der Waals surface area contributed by atoms with E-state index in [0.29, 0.717) is 6.54 Å². The highest BCUT2D eigenvalue weighted by Crippen LogP contribution is 2.25. The van der Waals surface area contributed by atoms with E-state index < -0.39 is 0 Å². The van der Waals surface area contributed by atoms with Gasteiger partial charge in [0.05, 0.1) is 6.54 Å². The maximum Gasteiger partial charge on any atom is 0.233 e. The van der Waals surface area contributed by atoms with Gasteiger partial charge in [0, 0.05) is 25.2 Å². The van der Waals surface area contributed by atoms with Crippen molar-refractivity contribution in [3.8, 4) is 0 Å². The molecule has 0 radical (unpaired) electrons. The molecule has 1 amide bonds. The summed E-state index contributed by atoms with van der Waals surface area (Å²) >= 11 is 6.15. The van der Waals surface area contributed by atoms with Gasteiger partial charge in [-0.05, 0) is 23.6 Å². The van der Waals surface area contributed by atoms with Crippen LogP contribution in [0.25, 0.3) is 0 Å². The highest BCUT2D eigenvalue weighted by atomic mass is 35.5. The molecular formula is C12H15ClN2O. The molecule has 1 N–H and O–H groups in total. The van der Waals surface area contributed by atoms with Crippen molar-refractivity contribution in [2.24, 2.45) is 0 Å². The number of hydrogen-bond donors (Lipinski definition) is 1. The predicted molar refractivity (Wildman–Crippen MR) is 64.5 cm³/mol. The van der Waals surface area contributed by atoms with E-state index in [2.05, 4.69) is 16.3 Å². The van der Waals surface area contributed by atoms with E-state index in [4.69, 9.17) is 11.6 Å². The number of nitrogens with zero attached hydrogens (tertiary/aromatic N) is 1. The first-order valence-electron chi connectivity index (χ1n) is 5.40. The number of amides is 1. The minimum atomic E-state index is 0.0514. The minimum Gasteiger partial charge on any atom is -0.358 e. The summed E-state index contributed by atoms with van der Waals surface area (Å²) < 4.78 is 0. The molecule has 3 nitrogen and oxygen atoms in total. The fourth-order valence-electron chi connectivity index (χ4n) is 2.01. The van der Waals surface area contributed by atoms with Crippen LogP contribution >= 0.6 is 11.6 Å². The molecular weight excluding hydrogens is 224 g/mol. The van der Waals surface area contributed by atoms with Gasteiger partial charge in [0.15, 0.2) is 0 Å². The Morgan fingerprint density at radius 1 is 1.56 bits per heavy atom. The summed E-state index contributed by atoms with van der Waals surface area (Å²) in [6, 6.07) is 6.00. The molecule has 0 saturated heterocycles. The molecule has 0 bridgehead atoms. The summed E-state index contributed by atoms with van der Waals surface area (Å²) in [5.41, 5.74) is 2.47. The number of benzene rings is 1. The SMILES string of the molecule is CNC(=O)CN1CCc2cccc(Cl)c2C1. The zero-order chi connectivity index (χ0) is 11.5. The molecule has 0 fully saturated rings. The molecule has 0 aliphatic carbocycles. The third-order valence-corrected chi connectivity index (χ3v) is 3.30. The molecule has 0 unspecified atom stereocenters. The molecule has 16 heavy (non-hydrogen) atoms. The smallest absolute Gasteiger partial charge is 0.233 e. The lowest BCUT2D eigenvalue weighted by molar-refractivity contribution is -0.121. The third kappa shape index (κ3) is 2.36. The Bertz CT molecular complexity index is 406. The van der Waals surface area contributed by atoms with Crippen LogP contribution in [-0.2, 0) is 17.8 Å². The topological polar surface area (TPSA) is 32.3 Å². The van der Waals surface area contributed by atoms with E-state index in [-0.39, 0.29) is 5.91 Å². The Hall–Kier alpha value is -1.06. The van der Waals surface area contributed by atoms with Crippen molar-refractivity contribution in [2.45, 2.75) is 13.0 Å². The molecule has 0 atom stereocenters. The number of fused-ring (bicyclic) bond motifs is 1. The van der Waals surface area contributed by atoms with E-state index in [1.165, 1.54) is 11.1 Å². The van der Waals surface area contributed by atoms with Crippen LogP contribution in [0.4, 0.5) is 0 Å². The van der Waals surface area contributed by atoms with E-state index in [0.717, 1.165) is 24.5 Å². The first-order chi connectivity index (χ1) is 7.70. The van der Waals surface area contributed by atoms with Crippen molar-refractivity contribution >= 4 is 17.5 Å². The zero-order valence-electron chi connectivity index (χ0n) is 9.29. The Balaban J connectivity index is 2.11. The Morgan fingerprint density at radius 3 is 3.12 bits per heavy atom. The summed E-state index contributed by atoms with van der Waals surface area (Å²) in [5.74, 6) is 0.0514. The van der Waals surface area contributed by atoms with E-state index in [1.807, 2.05) is 12.1 Å². The largest absolute Gasteiger partial charge is 0.358 e. The Labute approximate surface area is 100 Å². The summed E-state index contributed by atoms with van der Waals surface area (Å²) in [4.78, 5) is 13.4. The van der Waals surface area contributed by atoms with Crippen LogP contribution in [0.2, 0.25) is 5.02 Å². The Kier molecular flexibility index (Phi) is 3.46. The second-order valence-corrected chi connectivity index (χ2v) is 4.42. The van der Waals surface area contributed by atoms with Gasteiger partial charge in [0.1, 0.15) is 0 Å². The lowest BCUT2D eigenvalue weighted by atomic mass is 10.00. The van der Waals surface area contributed by atoms with E-state index in [9.17, 15) is 4.79 Å². The number of nitrogens with one attached hydrogen (secondary N) is 1. The molecule has 86 valence electrons. The molecule has 1 aromatic rings.